The monoisotopic (exact) mass is 421 g/mol. The van der Waals surface area contributed by atoms with Crippen molar-refractivity contribution in [2.24, 2.45) is 0 Å². The van der Waals surface area contributed by atoms with E-state index in [4.69, 9.17) is 9.72 Å². The van der Waals surface area contributed by atoms with Crippen LogP contribution in [0.3, 0.4) is 0 Å². The fourth-order valence-corrected chi connectivity index (χ4v) is 4.71. The summed E-state index contributed by atoms with van der Waals surface area (Å²) in [5, 5.41) is 3.10. The number of nitrogens with zero attached hydrogens (tertiary/aromatic N) is 3. The number of rotatable bonds is 6. The highest BCUT2D eigenvalue weighted by Crippen LogP contribution is 2.35. The van der Waals surface area contributed by atoms with Gasteiger partial charge in [-0.2, -0.15) is 0 Å². The summed E-state index contributed by atoms with van der Waals surface area (Å²) in [4.78, 5) is 21.8. The first-order valence-corrected chi connectivity index (χ1v) is 11.2. The predicted molar refractivity (Wildman–Crippen MR) is 122 cm³/mol. The van der Waals surface area contributed by atoms with Crippen molar-refractivity contribution in [1.82, 2.24) is 9.88 Å². The minimum atomic E-state index is 0.0237. The molecule has 0 N–H and O–H groups in total. The van der Waals surface area contributed by atoms with E-state index in [2.05, 4.69) is 34.5 Å². The van der Waals surface area contributed by atoms with E-state index < -0.39 is 0 Å². The van der Waals surface area contributed by atoms with Gasteiger partial charge in [-0.15, -0.1) is 11.3 Å². The van der Waals surface area contributed by atoms with Crippen LogP contribution in [0.4, 0.5) is 5.69 Å². The van der Waals surface area contributed by atoms with Crippen molar-refractivity contribution < 1.29 is 9.53 Å². The molecule has 0 saturated carbocycles. The van der Waals surface area contributed by atoms with Crippen molar-refractivity contribution in [3.63, 3.8) is 0 Å². The molecule has 4 rings (SSSR count). The number of carbonyl (C=O) groups is 1. The quantitative estimate of drug-likeness (QED) is 0.561. The minimum Gasteiger partial charge on any atom is -0.484 e. The van der Waals surface area contributed by atoms with Crippen molar-refractivity contribution >= 4 is 22.9 Å². The summed E-state index contributed by atoms with van der Waals surface area (Å²) in [5.74, 6) is 0.743. The minimum absolute atomic E-state index is 0.0237. The van der Waals surface area contributed by atoms with Crippen LogP contribution in [0.25, 0.3) is 11.3 Å². The first-order chi connectivity index (χ1) is 14.6. The molecule has 6 heteroatoms. The summed E-state index contributed by atoms with van der Waals surface area (Å²) in [6, 6.07) is 17.9. The van der Waals surface area contributed by atoms with Crippen molar-refractivity contribution in [3.05, 3.63) is 65.0 Å². The van der Waals surface area contributed by atoms with Gasteiger partial charge in [0, 0.05) is 37.3 Å². The number of thiazole rings is 1. The lowest BCUT2D eigenvalue weighted by atomic mass is 10.0. The Morgan fingerprint density at radius 1 is 1.13 bits per heavy atom. The van der Waals surface area contributed by atoms with Gasteiger partial charge in [-0.05, 0) is 43.5 Å². The molecule has 1 aliphatic rings. The van der Waals surface area contributed by atoms with Gasteiger partial charge in [0.1, 0.15) is 10.8 Å². The second-order valence-corrected chi connectivity index (χ2v) is 8.60. The van der Waals surface area contributed by atoms with E-state index in [1.807, 2.05) is 49.3 Å². The molecule has 0 radical (unpaired) electrons. The van der Waals surface area contributed by atoms with Gasteiger partial charge in [0.15, 0.2) is 6.61 Å². The molecule has 156 valence electrons. The van der Waals surface area contributed by atoms with Gasteiger partial charge in [-0.25, -0.2) is 4.98 Å². The summed E-state index contributed by atoms with van der Waals surface area (Å²) in [6.45, 7) is 0.818. The number of anilines is 1. The van der Waals surface area contributed by atoms with Crippen LogP contribution in [0.1, 0.15) is 30.3 Å². The van der Waals surface area contributed by atoms with Gasteiger partial charge in [-0.3, -0.25) is 4.79 Å². The van der Waals surface area contributed by atoms with Gasteiger partial charge in [0.25, 0.3) is 5.91 Å². The van der Waals surface area contributed by atoms with E-state index in [0.29, 0.717) is 0 Å². The Balaban J connectivity index is 1.47. The zero-order valence-electron chi connectivity index (χ0n) is 17.5. The lowest BCUT2D eigenvalue weighted by molar-refractivity contribution is -0.137. The normalized spacial score (nSPS) is 16.3. The van der Waals surface area contributed by atoms with E-state index in [-0.39, 0.29) is 18.6 Å². The van der Waals surface area contributed by atoms with Crippen LogP contribution in [-0.2, 0) is 4.79 Å². The molecule has 2 aromatic carbocycles. The summed E-state index contributed by atoms with van der Waals surface area (Å²) in [5.41, 5.74) is 3.24. The summed E-state index contributed by atoms with van der Waals surface area (Å²) >= 11 is 1.64. The third-order valence-corrected chi connectivity index (χ3v) is 6.36. The largest absolute Gasteiger partial charge is 0.484 e. The van der Waals surface area contributed by atoms with Crippen LogP contribution in [-0.4, -0.2) is 43.0 Å². The predicted octanol–water partition coefficient (Wildman–Crippen LogP) is 5.01. The molecular weight excluding hydrogens is 394 g/mol. The fourth-order valence-electron chi connectivity index (χ4n) is 3.74. The molecule has 1 aliphatic heterocycles. The number of hydrogen-bond donors (Lipinski definition) is 0. The van der Waals surface area contributed by atoms with Crippen LogP contribution in [0, 0.1) is 0 Å². The zero-order chi connectivity index (χ0) is 20.9. The number of amides is 1. The molecule has 1 aromatic heterocycles. The number of piperidine rings is 1. The smallest absolute Gasteiger partial charge is 0.261 e. The molecular formula is C24H27N3O2S. The van der Waals surface area contributed by atoms with E-state index in [1.54, 1.807) is 11.3 Å². The lowest BCUT2D eigenvalue weighted by Gasteiger charge is -2.34. The van der Waals surface area contributed by atoms with Crippen molar-refractivity contribution in [3.8, 4) is 17.0 Å². The van der Waals surface area contributed by atoms with E-state index in [0.717, 1.165) is 53.5 Å². The van der Waals surface area contributed by atoms with Gasteiger partial charge >= 0.3 is 0 Å². The number of ether oxygens (including phenoxy) is 1. The number of benzene rings is 2. The highest BCUT2D eigenvalue weighted by Gasteiger charge is 2.30. The summed E-state index contributed by atoms with van der Waals surface area (Å²) < 4.78 is 5.70. The van der Waals surface area contributed by atoms with Gasteiger partial charge in [0.05, 0.1) is 11.7 Å². The number of para-hydroxylation sites is 1. The maximum atomic E-state index is 12.9. The molecule has 0 spiro atoms. The molecule has 5 nitrogen and oxygen atoms in total. The van der Waals surface area contributed by atoms with Crippen LogP contribution < -0.4 is 9.64 Å². The topological polar surface area (TPSA) is 45.7 Å². The Bertz CT molecular complexity index is 970. The Morgan fingerprint density at radius 2 is 1.90 bits per heavy atom. The third-order valence-electron chi connectivity index (χ3n) is 5.42. The van der Waals surface area contributed by atoms with Crippen LogP contribution in [0.5, 0.6) is 5.75 Å². The Hall–Kier alpha value is -2.86. The van der Waals surface area contributed by atoms with E-state index in [9.17, 15) is 4.79 Å². The van der Waals surface area contributed by atoms with Crippen molar-refractivity contribution in [2.75, 3.05) is 32.1 Å². The Kier molecular flexibility index (Phi) is 6.33. The second-order valence-electron chi connectivity index (χ2n) is 7.71. The maximum absolute atomic E-state index is 12.9. The first kappa shape index (κ1) is 20.4. The molecule has 3 aromatic rings. The highest BCUT2D eigenvalue weighted by molar-refractivity contribution is 7.10. The number of carbonyl (C=O) groups excluding carboxylic acids is 1. The van der Waals surface area contributed by atoms with Crippen LogP contribution in [0.15, 0.2) is 60.0 Å². The van der Waals surface area contributed by atoms with Crippen LogP contribution in [0.2, 0.25) is 0 Å². The molecule has 0 aliphatic carbocycles. The molecule has 30 heavy (non-hydrogen) atoms. The first-order valence-electron chi connectivity index (χ1n) is 10.3. The van der Waals surface area contributed by atoms with Crippen molar-refractivity contribution in [1.29, 1.82) is 0 Å². The molecule has 1 fully saturated rings. The van der Waals surface area contributed by atoms with Gasteiger partial charge < -0.3 is 14.5 Å². The lowest BCUT2D eigenvalue weighted by Crippen LogP contribution is -2.41. The highest BCUT2D eigenvalue weighted by atomic mass is 32.1. The fraction of sp³-hybridized carbons (Fsp3) is 0.333. The molecule has 1 atom stereocenters. The molecule has 1 saturated heterocycles. The van der Waals surface area contributed by atoms with E-state index in [1.165, 1.54) is 0 Å². The average molecular weight is 422 g/mol. The third kappa shape index (κ3) is 4.65. The number of hydrogen-bond acceptors (Lipinski definition) is 5. The van der Waals surface area contributed by atoms with Gasteiger partial charge in [-0.1, -0.05) is 30.3 Å². The number of aromatic nitrogens is 1. The molecule has 1 amide bonds. The average Bonchev–Trinajstić information content (AvgIpc) is 3.28. The Labute approximate surface area is 181 Å². The zero-order valence-corrected chi connectivity index (χ0v) is 18.3. The van der Waals surface area contributed by atoms with E-state index >= 15 is 0 Å². The number of likely N-dealkylation sites (tertiary alicyclic amines) is 1. The molecule has 1 unspecified atom stereocenters. The van der Waals surface area contributed by atoms with Gasteiger partial charge in [0.2, 0.25) is 0 Å². The van der Waals surface area contributed by atoms with Crippen molar-refractivity contribution in [2.45, 2.75) is 25.3 Å². The second kappa shape index (κ2) is 9.30. The summed E-state index contributed by atoms with van der Waals surface area (Å²) in [6.07, 6.45) is 3.09. The molecule has 0 bridgehead atoms. The Morgan fingerprint density at radius 3 is 2.63 bits per heavy atom. The van der Waals surface area contributed by atoms with Crippen LogP contribution >= 0.6 is 11.3 Å². The summed E-state index contributed by atoms with van der Waals surface area (Å²) in [7, 11) is 4.07. The molecule has 2 heterocycles. The standard InChI is InChI=1S/C24H27N3O2S/c1-26(2)19-13-11-18(12-14-19)21-17-30-24(25-21)22-10-6-7-15-27(22)23(28)16-29-20-8-4-3-5-9-20/h3-5,8-9,11-14,17,22H,6-7,10,15-16H2,1-2H3. The maximum Gasteiger partial charge on any atom is 0.261 e. The SMILES string of the molecule is CN(C)c1ccc(-c2csc(C3CCCCN3C(=O)COc3ccccc3)n2)cc1.